The van der Waals surface area contributed by atoms with Gasteiger partial charge in [0.05, 0.1) is 12.3 Å². The Hall–Kier alpha value is -2.30. The number of nitrogens with zero attached hydrogens (tertiary/aromatic N) is 2. The molecule has 2 rings (SSSR count). The molecule has 0 bridgehead atoms. The summed E-state index contributed by atoms with van der Waals surface area (Å²) in [5.41, 5.74) is 0.898. The number of aromatic nitrogens is 2. The Labute approximate surface area is 119 Å². The Bertz CT molecular complexity index is 572. The van der Waals surface area contributed by atoms with Crippen LogP contribution in [0.4, 0.5) is 17.3 Å². The predicted octanol–water partition coefficient (Wildman–Crippen LogP) is 3.36. The lowest BCUT2D eigenvalue weighted by Gasteiger charge is -2.13. The number of para-hydroxylation sites is 2. The van der Waals surface area contributed by atoms with Crippen molar-refractivity contribution in [3.8, 4) is 5.75 Å². The second-order valence-corrected chi connectivity index (χ2v) is 4.27. The van der Waals surface area contributed by atoms with Crippen LogP contribution in [0.2, 0.25) is 0 Å². The van der Waals surface area contributed by atoms with Gasteiger partial charge in [-0.15, -0.1) is 0 Å². The molecule has 1 heterocycles. The molecule has 5 nitrogen and oxygen atoms in total. The SMILES string of the molecule is CCNc1cc(Nc2ccccc2OCC)nc(C)n1. The predicted molar refractivity (Wildman–Crippen MR) is 81.8 cm³/mol. The highest BCUT2D eigenvalue weighted by Crippen LogP contribution is 2.27. The molecule has 0 aliphatic carbocycles. The summed E-state index contributed by atoms with van der Waals surface area (Å²) in [6.07, 6.45) is 0. The van der Waals surface area contributed by atoms with Gasteiger partial charge >= 0.3 is 0 Å². The van der Waals surface area contributed by atoms with Crippen LogP contribution >= 0.6 is 0 Å². The van der Waals surface area contributed by atoms with Gasteiger partial charge < -0.3 is 15.4 Å². The molecule has 0 amide bonds. The number of anilines is 3. The van der Waals surface area contributed by atoms with Crippen molar-refractivity contribution in [3.05, 3.63) is 36.2 Å². The molecule has 1 aromatic heterocycles. The lowest BCUT2D eigenvalue weighted by atomic mass is 10.3. The summed E-state index contributed by atoms with van der Waals surface area (Å²) < 4.78 is 5.60. The van der Waals surface area contributed by atoms with E-state index in [-0.39, 0.29) is 0 Å². The van der Waals surface area contributed by atoms with Crippen molar-refractivity contribution in [1.82, 2.24) is 9.97 Å². The number of nitrogens with one attached hydrogen (secondary N) is 2. The Morgan fingerprint density at radius 3 is 2.60 bits per heavy atom. The highest BCUT2D eigenvalue weighted by molar-refractivity contribution is 5.65. The van der Waals surface area contributed by atoms with E-state index >= 15 is 0 Å². The van der Waals surface area contributed by atoms with Crippen molar-refractivity contribution in [2.45, 2.75) is 20.8 Å². The number of ether oxygens (including phenoxy) is 1. The van der Waals surface area contributed by atoms with Gasteiger partial charge in [-0.25, -0.2) is 9.97 Å². The molecule has 0 aliphatic heterocycles. The van der Waals surface area contributed by atoms with E-state index in [1.165, 1.54) is 0 Å². The molecule has 0 spiro atoms. The Balaban J connectivity index is 2.25. The van der Waals surface area contributed by atoms with E-state index in [0.717, 1.165) is 35.4 Å². The van der Waals surface area contributed by atoms with Gasteiger partial charge in [0.2, 0.25) is 0 Å². The summed E-state index contributed by atoms with van der Waals surface area (Å²) in [7, 11) is 0. The van der Waals surface area contributed by atoms with Crippen molar-refractivity contribution in [1.29, 1.82) is 0 Å². The largest absolute Gasteiger partial charge is 0.492 e. The van der Waals surface area contributed by atoms with Gasteiger partial charge in [0.15, 0.2) is 0 Å². The zero-order chi connectivity index (χ0) is 14.4. The van der Waals surface area contributed by atoms with Crippen LogP contribution in [0.15, 0.2) is 30.3 Å². The smallest absolute Gasteiger partial charge is 0.142 e. The Morgan fingerprint density at radius 2 is 1.85 bits per heavy atom. The first kappa shape index (κ1) is 14.1. The normalized spacial score (nSPS) is 10.2. The summed E-state index contributed by atoms with van der Waals surface area (Å²) >= 11 is 0. The number of rotatable bonds is 6. The van der Waals surface area contributed by atoms with E-state index in [2.05, 4.69) is 20.6 Å². The molecule has 0 aliphatic rings. The van der Waals surface area contributed by atoms with Crippen LogP contribution in [0.1, 0.15) is 19.7 Å². The highest BCUT2D eigenvalue weighted by atomic mass is 16.5. The van der Waals surface area contributed by atoms with Gasteiger partial charge in [0, 0.05) is 12.6 Å². The third-order valence-corrected chi connectivity index (χ3v) is 2.65. The standard InChI is InChI=1S/C15H20N4O/c1-4-16-14-10-15(18-11(3)17-14)19-12-8-6-7-9-13(12)20-5-2/h6-10H,4-5H2,1-3H3,(H2,16,17,18,19). The topological polar surface area (TPSA) is 59.1 Å². The molecular formula is C15H20N4O. The molecule has 0 fully saturated rings. The van der Waals surface area contributed by atoms with E-state index in [1.54, 1.807) is 0 Å². The zero-order valence-corrected chi connectivity index (χ0v) is 12.1. The fraction of sp³-hybridized carbons (Fsp3) is 0.333. The van der Waals surface area contributed by atoms with Crippen LogP contribution in [0, 0.1) is 6.92 Å². The molecule has 2 N–H and O–H groups in total. The van der Waals surface area contributed by atoms with Gasteiger partial charge in [-0.3, -0.25) is 0 Å². The molecule has 0 saturated carbocycles. The first-order valence-electron chi connectivity index (χ1n) is 6.81. The van der Waals surface area contributed by atoms with Crippen LogP contribution in [0.3, 0.4) is 0 Å². The summed E-state index contributed by atoms with van der Waals surface area (Å²) in [6.45, 7) is 7.33. The van der Waals surface area contributed by atoms with Crippen molar-refractivity contribution in [3.63, 3.8) is 0 Å². The minimum Gasteiger partial charge on any atom is -0.492 e. The van der Waals surface area contributed by atoms with E-state index < -0.39 is 0 Å². The maximum absolute atomic E-state index is 5.60. The van der Waals surface area contributed by atoms with Crippen LogP contribution in [0.5, 0.6) is 5.75 Å². The monoisotopic (exact) mass is 272 g/mol. The van der Waals surface area contributed by atoms with E-state index in [0.29, 0.717) is 6.61 Å². The Morgan fingerprint density at radius 1 is 1.10 bits per heavy atom. The molecule has 0 radical (unpaired) electrons. The van der Waals surface area contributed by atoms with Crippen molar-refractivity contribution in [2.75, 3.05) is 23.8 Å². The fourth-order valence-electron chi connectivity index (χ4n) is 1.89. The molecule has 1 aromatic carbocycles. The van der Waals surface area contributed by atoms with E-state index in [4.69, 9.17) is 4.74 Å². The number of benzene rings is 1. The molecule has 106 valence electrons. The third kappa shape index (κ3) is 3.60. The summed E-state index contributed by atoms with van der Waals surface area (Å²) in [4.78, 5) is 8.73. The van der Waals surface area contributed by atoms with Crippen molar-refractivity contribution >= 4 is 17.3 Å². The van der Waals surface area contributed by atoms with Gasteiger partial charge in [0.1, 0.15) is 23.2 Å². The summed E-state index contributed by atoms with van der Waals surface area (Å²) in [5, 5.41) is 6.47. The maximum atomic E-state index is 5.60. The van der Waals surface area contributed by atoms with Crippen LogP contribution < -0.4 is 15.4 Å². The molecular weight excluding hydrogens is 252 g/mol. The van der Waals surface area contributed by atoms with Gasteiger partial charge in [-0.2, -0.15) is 0 Å². The van der Waals surface area contributed by atoms with Gasteiger partial charge in [-0.1, -0.05) is 12.1 Å². The lowest BCUT2D eigenvalue weighted by molar-refractivity contribution is 0.342. The second-order valence-electron chi connectivity index (χ2n) is 4.27. The van der Waals surface area contributed by atoms with Crippen LogP contribution in [-0.2, 0) is 0 Å². The first-order valence-corrected chi connectivity index (χ1v) is 6.81. The molecule has 20 heavy (non-hydrogen) atoms. The van der Waals surface area contributed by atoms with Crippen LogP contribution in [-0.4, -0.2) is 23.1 Å². The highest BCUT2D eigenvalue weighted by Gasteiger charge is 2.05. The summed E-state index contributed by atoms with van der Waals surface area (Å²) in [5.74, 6) is 3.10. The molecule has 5 heteroatoms. The minimum atomic E-state index is 0.629. The molecule has 0 saturated heterocycles. The molecule has 2 aromatic rings. The first-order chi connectivity index (χ1) is 9.72. The van der Waals surface area contributed by atoms with Gasteiger partial charge in [0.25, 0.3) is 0 Å². The quantitative estimate of drug-likeness (QED) is 0.844. The lowest BCUT2D eigenvalue weighted by Crippen LogP contribution is -2.05. The van der Waals surface area contributed by atoms with E-state index in [1.807, 2.05) is 51.1 Å². The number of aryl methyl sites for hydroxylation is 1. The van der Waals surface area contributed by atoms with Gasteiger partial charge in [-0.05, 0) is 32.9 Å². The molecule has 0 atom stereocenters. The average molecular weight is 272 g/mol. The fourth-order valence-corrected chi connectivity index (χ4v) is 1.89. The van der Waals surface area contributed by atoms with Crippen molar-refractivity contribution < 1.29 is 4.74 Å². The molecule has 0 unspecified atom stereocenters. The summed E-state index contributed by atoms with van der Waals surface area (Å²) in [6, 6.07) is 9.70. The minimum absolute atomic E-state index is 0.629. The van der Waals surface area contributed by atoms with Crippen molar-refractivity contribution in [2.24, 2.45) is 0 Å². The number of hydrogen-bond acceptors (Lipinski definition) is 5. The maximum Gasteiger partial charge on any atom is 0.142 e. The Kier molecular flexibility index (Phi) is 4.76. The third-order valence-electron chi connectivity index (χ3n) is 2.65. The van der Waals surface area contributed by atoms with E-state index in [9.17, 15) is 0 Å². The zero-order valence-electron chi connectivity index (χ0n) is 12.1. The number of hydrogen-bond donors (Lipinski definition) is 2. The van der Waals surface area contributed by atoms with Crippen LogP contribution in [0.25, 0.3) is 0 Å². The average Bonchev–Trinajstić information content (AvgIpc) is 2.41. The second kappa shape index (κ2) is 6.75.